The second kappa shape index (κ2) is 17.1. The highest BCUT2D eigenvalue weighted by atomic mass is 15.1. The van der Waals surface area contributed by atoms with Gasteiger partial charge < -0.3 is 18.3 Å². The van der Waals surface area contributed by atoms with E-state index in [2.05, 4.69) is 218 Å². The summed E-state index contributed by atoms with van der Waals surface area (Å²) in [5.74, 6) is 1.57. The number of nitrogens with zero attached hydrogens (tertiary/aromatic N) is 8. The average molecular weight is 995 g/mol. The van der Waals surface area contributed by atoms with Gasteiger partial charge in [-0.3, -0.25) is 0 Å². The molecule has 5 heterocycles. The van der Waals surface area contributed by atoms with Crippen LogP contribution in [-0.4, -0.2) is 33.2 Å². The smallest absolute Gasteiger partial charge is 0.164 e. The summed E-state index contributed by atoms with van der Waals surface area (Å²) in [6.45, 7) is 0. The molecule has 0 N–H and O–H groups in total. The summed E-state index contributed by atoms with van der Waals surface area (Å²) < 4.78 is 9.38. The van der Waals surface area contributed by atoms with Gasteiger partial charge in [-0.15, -0.1) is 0 Å². The molecule has 8 heteroatoms. The Hall–Kier alpha value is -10.9. The summed E-state index contributed by atoms with van der Waals surface area (Å²) in [6, 6.07) is 91.9. The maximum Gasteiger partial charge on any atom is 0.164 e. The summed E-state index contributed by atoms with van der Waals surface area (Å²) in [5.41, 5.74) is 14.7. The van der Waals surface area contributed by atoms with Crippen molar-refractivity contribution in [3.63, 3.8) is 0 Å². The minimum atomic E-state index is 0.480. The molecule has 0 aliphatic carbocycles. The second-order valence-corrected chi connectivity index (χ2v) is 19.8. The van der Waals surface area contributed by atoms with E-state index < -0.39 is 0 Å². The zero-order chi connectivity index (χ0) is 51.4. The topological polar surface area (TPSA) is 82.2 Å². The normalized spacial score (nSPS) is 11.8. The minimum absolute atomic E-state index is 0.480. The Morgan fingerprint density at radius 3 is 1.01 bits per heavy atom. The van der Waals surface area contributed by atoms with E-state index in [1.807, 2.05) is 60.7 Å². The molecule has 0 spiro atoms. The third-order valence-electron chi connectivity index (χ3n) is 15.6. The molecular formula is C70H42N8. The minimum Gasteiger partial charge on any atom is -0.309 e. The first-order valence-electron chi connectivity index (χ1n) is 26.2. The first kappa shape index (κ1) is 43.5. The number of benzene rings is 11. The molecule has 0 atom stereocenters. The number of hydrogen-bond acceptors (Lipinski definition) is 4. The van der Waals surface area contributed by atoms with Crippen molar-refractivity contribution < 1.29 is 0 Å². The van der Waals surface area contributed by atoms with Gasteiger partial charge in [-0.1, -0.05) is 182 Å². The lowest BCUT2D eigenvalue weighted by atomic mass is 10.0. The highest BCUT2D eigenvalue weighted by Crippen LogP contribution is 2.47. The second-order valence-electron chi connectivity index (χ2n) is 19.8. The molecule has 0 aliphatic heterocycles. The van der Waals surface area contributed by atoms with Gasteiger partial charge in [0.25, 0.3) is 0 Å². The molecule has 0 aliphatic rings. The Kier molecular flexibility index (Phi) is 9.53. The van der Waals surface area contributed by atoms with E-state index in [9.17, 15) is 5.26 Å². The van der Waals surface area contributed by atoms with E-state index in [-0.39, 0.29) is 0 Å². The average Bonchev–Trinajstić information content (AvgIpc) is 4.39. The molecule has 16 rings (SSSR count). The zero-order valence-corrected chi connectivity index (χ0v) is 41.8. The molecule has 0 fully saturated rings. The van der Waals surface area contributed by atoms with Crippen LogP contribution in [0.5, 0.6) is 0 Å². The van der Waals surface area contributed by atoms with Crippen LogP contribution >= 0.6 is 0 Å². The van der Waals surface area contributed by atoms with Crippen LogP contribution in [0.25, 0.3) is 144 Å². The Morgan fingerprint density at radius 2 is 0.615 bits per heavy atom. The van der Waals surface area contributed by atoms with Crippen LogP contribution in [0, 0.1) is 11.3 Å². The van der Waals surface area contributed by atoms with E-state index in [1.54, 1.807) is 0 Å². The van der Waals surface area contributed by atoms with Gasteiger partial charge in [0.2, 0.25) is 0 Å². The molecule has 0 saturated carbocycles. The molecule has 0 amide bonds. The number of fused-ring (bicyclic) bond motifs is 14. The van der Waals surface area contributed by atoms with Crippen molar-refractivity contribution in [2.75, 3.05) is 0 Å². The third kappa shape index (κ3) is 6.36. The largest absolute Gasteiger partial charge is 0.309 e. The van der Waals surface area contributed by atoms with Crippen molar-refractivity contribution in [1.82, 2.24) is 33.2 Å². The van der Waals surface area contributed by atoms with Crippen LogP contribution in [0.1, 0.15) is 5.56 Å². The van der Waals surface area contributed by atoms with Crippen molar-refractivity contribution in [1.29, 1.82) is 5.26 Å². The van der Waals surface area contributed by atoms with Crippen LogP contribution in [0.2, 0.25) is 0 Å². The molecule has 5 aromatic heterocycles. The van der Waals surface area contributed by atoms with Gasteiger partial charge in [-0.2, -0.15) is 5.26 Å². The molecule has 8 nitrogen and oxygen atoms in total. The van der Waals surface area contributed by atoms with E-state index in [0.29, 0.717) is 34.4 Å². The highest BCUT2D eigenvalue weighted by Gasteiger charge is 2.28. The lowest BCUT2D eigenvalue weighted by Crippen LogP contribution is -2.07. The maximum atomic E-state index is 12.3. The summed E-state index contributed by atoms with van der Waals surface area (Å²) in [7, 11) is 0. The predicted molar refractivity (Wildman–Crippen MR) is 318 cm³/mol. The fourth-order valence-electron chi connectivity index (χ4n) is 12.4. The summed E-state index contributed by atoms with van der Waals surface area (Å²) >= 11 is 0. The summed E-state index contributed by atoms with van der Waals surface area (Å²) in [4.78, 5) is 15.9. The highest BCUT2D eigenvalue weighted by molar-refractivity contribution is 6.28. The van der Waals surface area contributed by atoms with Gasteiger partial charge in [0.15, 0.2) is 17.5 Å². The number of rotatable bonds is 7. The zero-order valence-electron chi connectivity index (χ0n) is 41.8. The van der Waals surface area contributed by atoms with Crippen LogP contribution in [-0.2, 0) is 0 Å². The number of aromatic nitrogens is 7. The van der Waals surface area contributed by atoms with Gasteiger partial charge in [0.05, 0.1) is 55.5 Å². The number of nitriles is 1. The van der Waals surface area contributed by atoms with Crippen molar-refractivity contribution >= 4 is 87.2 Å². The third-order valence-corrected chi connectivity index (χ3v) is 15.6. The van der Waals surface area contributed by atoms with Crippen molar-refractivity contribution in [3.8, 4) is 63.0 Å². The standard InChI is InChI=1S/C70H42N8/c71-43-55-62(77-56-33-17-13-29-49(56)51-37-39-60-64(66(51)77)53-31-15-19-35-58(53)75(60)47-25-9-3-10-26-47)41-46(70-73-68(44-21-5-1-6-22-44)72-69(74-70)45-23-7-2-8-24-45)42-63(55)78-57-34-18-14-30-50(57)52-38-40-61-65(67(52)78)54-32-16-20-36-59(54)76(61)48-27-11-4-12-28-48/h1-42H. The van der Waals surface area contributed by atoms with Gasteiger partial charge in [-0.05, 0) is 72.8 Å². The van der Waals surface area contributed by atoms with Crippen LogP contribution < -0.4 is 0 Å². The first-order valence-corrected chi connectivity index (χ1v) is 26.2. The SMILES string of the molecule is N#Cc1c(-n2c3ccccc3c3ccc4c(c5ccccc5n4-c4ccccc4)c32)cc(-c2nc(-c3ccccc3)nc(-c3ccccc3)n2)cc1-n1c2ccccc2c2ccc3c(c4ccccc4n3-c3ccccc3)c21. The monoisotopic (exact) mass is 994 g/mol. The van der Waals surface area contributed by atoms with Crippen molar-refractivity contribution in [3.05, 3.63) is 260 Å². The number of hydrogen-bond donors (Lipinski definition) is 0. The predicted octanol–water partition coefficient (Wildman–Crippen LogP) is 17.1. The van der Waals surface area contributed by atoms with Gasteiger partial charge in [0, 0.05) is 71.2 Å². The summed E-state index contributed by atoms with van der Waals surface area (Å²) in [5, 5.41) is 21.0. The van der Waals surface area contributed by atoms with Gasteiger partial charge >= 0.3 is 0 Å². The Bertz CT molecular complexity index is 4830. The van der Waals surface area contributed by atoms with Crippen LogP contribution in [0.15, 0.2) is 255 Å². The fourth-order valence-corrected chi connectivity index (χ4v) is 12.4. The van der Waals surface area contributed by atoms with E-state index in [1.165, 1.54) is 0 Å². The van der Waals surface area contributed by atoms with Crippen molar-refractivity contribution in [2.24, 2.45) is 0 Å². The van der Waals surface area contributed by atoms with E-state index in [4.69, 9.17) is 15.0 Å². The van der Waals surface area contributed by atoms with Gasteiger partial charge in [0.1, 0.15) is 11.6 Å². The van der Waals surface area contributed by atoms with E-state index in [0.717, 1.165) is 115 Å². The fraction of sp³-hybridized carbons (Fsp3) is 0. The van der Waals surface area contributed by atoms with Crippen LogP contribution in [0.3, 0.4) is 0 Å². The number of para-hydroxylation sites is 6. The van der Waals surface area contributed by atoms with Crippen molar-refractivity contribution in [2.45, 2.75) is 0 Å². The first-order chi connectivity index (χ1) is 38.7. The molecule has 16 aromatic rings. The Morgan fingerprint density at radius 1 is 0.282 bits per heavy atom. The maximum absolute atomic E-state index is 12.3. The lowest BCUT2D eigenvalue weighted by molar-refractivity contribution is 1.06. The van der Waals surface area contributed by atoms with Gasteiger partial charge in [-0.25, -0.2) is 15.0 Å². The molecule has 0 unspecified atom stereocenters. The Balaban J connectivity index is 1.10. The quantitative estimate of drug-likeness (QED) is 0.159. The lowest BCUT2D eigenvalue weighted by Gasteiger charge is -2.19. The molecule has 78 heavy (non-hydrogen) atoms. The Labute approximate surface area is 446 Å². The van der Waals surface area contributed by atoms with Crippen LogP contribution in [0.4, 0.5) is 0 Å². The molecule has 0 saturated heterocycles. The molecular weight excluding hydrogens is 953 g/mol. The molecule has 362 valence electrons. The summed E-state index contributed by atoms with van der Waals surface area (Å²) in [6.07, 6.45) is 0. The van der Waals surface area contributed by atoms with E-state index >= 15 is 0 Å². The molecule has 11 aromatic carbocycles. The molecule has 0 bridgehead atoms. The molecule has 0 radical (unpaired) electrons.